The van der Waals surface area contributed by atoms with Crippen molar-refractivity contribution < 1.29 is 4.57 Å². The quantitative estimate of drug-likeness (QED) is 0.532. The zero-order valence-electron chi connectivity index (χ0n) is 7.25. The van der Waals surface area contributed by atoms with Crippen LogP contribution in [0.4, 0.5) is 0 Å². The molecule has 1 aromatic rings. The Labute approximate surface area is 67.5 Å². The molecule has 0 saturated heterocycles. The molecule has 0 aliphatic heterocycles. The molecule has 0 spiro atoms. The predicted molar refractivity (Wildman–Crippen MR) is 43.2 cm³/mol. The van der Waals surface area contributed by atoms with E-state index in [1.54, 1.807) is 0 Å². The van der Waals surface area contributed by atoms with E-state index in [2.05, 4.69) is 35.6 Å². The first-order chi connectivity index (χ1) is 5.29. The fourth-order valence-electron chi connectivity index (χ4n) is 1.84. The molecule has 0 atom stereocenters. The number of aryl methyl sites for hydroxylation is 2. The number of imidazole rings is 1. The average Bonchev–Trinajstić information content (AvgIpc) is 2.15. The first-order valence-corrected chi connectivity index (χ1v) is 4.30. The van der Waals surface area contributed by atoms with Gasteiger partial charge in [-0.3, -0.25) is 0 Å². The summed E-state index contributed by atoms with van der Waals surface area (Å²) in [5.41, 5.74) is 0. The third-order valence-corrected chi connectivity index (χ3v) is 2.71. The third kappa shape index (κ3) is 0.971. The molecular weight excluding hydrogens is 136 g/mol. The second-order valence-electron chi connectivity index (χ2n) is 3.51. The number of hydrogen-bond acceptors (Lipinski definition) is 0. The summed E-state index contributed by atoms with van der Waals surface area (Å²) in [5.74, 6) is 2.32. The van der Waals surface area contributed by atoms with Gasteiger partial charge >= 0.3 is 0 Å². The molecule has 0 bridgehead atoms. The van der Waals surface area contributed by atoms with Gasteiger partial charge in [0.1, 0.15) is 12.4 Å². The Morgan fingerprint density at radius 3 is 2.64 bits per heavy atom. The summed E-state index contributed by atoms with van der Waals surface area (Å²) in [6.45, 7) is 0. The standard InChI is InChI=1S/C9H15N2/c1-10-6-7-11(2)9(10)8-4-3-5-8/h6-8H,3-5H2,1-2H3/q+1. The van der Waals surface area contributed by atoms with E-state index in [9.17, 15) is 0 Å². The maximum atomic E-state index is 2.24. The van der Waals surface area contributed by atoms with Crippen molar-refractivity contribution in [3.63, 3.8) is 0 Å². The maximum absolute atomic E-state index is 2.24. The van der Waals surface area contributed by atoms with E-state index in [-0.39, 0.29) is 0 Å². The molecule has 1 heterocycles. The minimum absolute atomic E-state index is 0.833. The molecule has 1 fully saturated rings. The van der Waals surface area contributed by atoms with Crippen LogP contribution >= 0.6 is 0 Å². The zero-order valence-corrected chi connectivity index (χ0v) is 7.25. The van der Waals surface area contributed by atoms with Gasteiger partial charge in [-0.1, -0.05) is 6.42 Å². The first-order valence-electron chi connectivity index (χ1n) is 4.30. The Morgan fingerprint density at radius 2 is 2.27 bits per heavy atom. The first kappa shape index (κ1) is 6.89. The van der Waals surface area contributed by atoms with Gasteiger partial charge in [-0.15, -0.1) is 0 Å². The van der Waals surface area contributed by atoms with Crippen LogP contribution in [-0.4, -0.2) is 4.57 Å². The molecule has 2 rings (SSSR count). The Kier molecular flexibility index (Phi) is 1.48. The molecule has 2 heteroatoms. The number of hydrogen-bond donors (Lipinski definition) is 0. The molecule has 0 N–H and O–H groups in total. The third-order valence-electron chi connectivity index (χ3n) is 2.71. The molecule has 1 aliphatic carbocycles. The van der Waals surface area contributed by atoms with Crippen LogP contribution in [0.2, 0.25) is 0 Å². The normalized spacial score (nSPS) is 18.4. The summed E-state index contributed by atoms with van der Waals surface area (Å²) in [4.78, 5) is 0. The molecule has 0 aromatic carbocycles. The molecule has 11 heavy (non-hydrogen) atoms. The summed E-state index contributed by atoms with van der Waals surface area (Å²) in [7, 11) is 4.27. The molecule has 0 radical (unpaired) electrons. The molecule has 1 aliphatic rings. The molecule has 1 saturated carbocycles. The van der Waals surface area contributed by atoms with E-state index in [0.717, 1.165) is 5.92 Å². The summed E-state index contributed by atoms with van der Waals surface area (Å²) in [6, 6.07) is 0. The van der Waals surface area contributed by atoms with E-state index >= 15 is 0 Å². The van der Waals surface area contributed by atoms with Crippen LogP contribution in [0.3, 0.4) is 0 Å². The van der Waals surface area contributed by atoms with Gasteiger partial charge in [0.25, 0.3) is 5.82 Å². The van der Waals surface area contributed by atoms with Crippen molar-refractivity contribution in [2.45, 2.75) is 25.2 Å². The summed E-state index contributed by atoms with van der Waals surface area (Å²) in [5, 5.41) is 0. The summed E-state index contributed by atoms with van der Waals surface area (Å²) in [6.07, 6.45) is 8.44. The minimum atomic E-state index is 0.833. The number of rotatable bonds is 1. The highest BCUT2D eigenvalue weighted by atomic mass is 15.1. The van der Waals surface area contributed by atoms with E-state index < -0.39 is 0 Å². The number of nitrogens with zero attached hydrogens (tertiary/aromatic N) is 2. The van der Waals surface area contributed by atoms with Gasteiger partial charge in [0.05, 0.1) is 20.0 Å². The fourth-order valence-corrected chi connectivity index (χ4v) is 1.84. The average molecular weight is 151 g/mol. The van der Waals surface area contributed by atoms with E-state index in [1.807, 2.05) is 0 Å². The second kappa shape index (κ2) is 2.36. The number of aromatic nitrogens is 2. The van der Waals surface area contributed by atoms with Crippen molar-refractivity contribution in [2.75, 3.05) is 0 Å². The SMILES string of the molecule is Cn1cc[n+](C)c1C1CCC1. The highest BCUT2D eigenvalue weighted by Gasteiger charge is 2.29. The monoisotopic (exact) mass is 151 g/mol. The van der Waals surface area contributed by atoms with Crippen LogP contribution in [-0.2, 0) is 14.1 Å². The van der Waals surface area contributed by atoms with Gasteiger partial charge in [-0.2, -0.15) is 0 Å². The van der Waals surface area contributed by atoms with Crippen LogP contribution in [0, 0.1) is 0 Å². The highest BCUT2D eigenvalue weighted by molar-refractivity contribution is 4.97. The molecular formula is C9H15N2+. The van der Waals surface area contributed by atoms with Crippen molar-refractivity contribution in [3.8, 4) is 0 Å². The van der Waals surface area contributed by atoms with Crippen LogP contribution < -0.4 is 4.57 Å². The van der Waals surface area contributed by atoms with Crippen molar-refractivity contribution >= 4 is 0 Å². The lowest BCUT2D eigenvalue weighted by atomic mass is 9.84. The predicted octanol–water partition coefficient (Wildman–Crippen LogP) is 1.12. The Bertz CT molecular complexity index is 239. The fraction of sp³-hybridized carbons (Fsp3) is 0.667. The van der Waals surface area contributed by atoms with Crippen LogP contribution in [0.25, 0.3) is 0 Å². The molecule has 60 valence electrons. The Hall–Kier alpha value is -0.790. The Morgan fingerprint density at radius 1 is 1.55 bits per heavy atom. The smallest absolute Gasteiger partial charge is 0.237 e. The second-order valence-corrected chi connectivity index (χ2v) is 3.51. The van der Waals surface area contributed by atoms with Gasteiger partial charge in [0.15, 0.2) is 0 Å². The van der Waals surface area contributed by atoms with Crippen molar-refractivity contribution in [1.82, 2.24) is 4.57 Å². The molecule has 0 unspecified atom stereocenters. The van der Waals surface area contributed by atoms with Gasteiger partial charge in [0.2, 0.25) is 0 Å². The molecule has 2 nitrogen and oxygen atoms in total. The van der Waals surface area contributed by atoms with Crippen molar-refractivity contribution in [1.29, 1.82) is 0 Å². The van der Waals surface area contributed by atoms with Crippen LogP contribution in [0.5, 0.6) is 0 Å². The van der Waals surface area contributed by atoms with E-state index in [0.29, 0.717) is 0 Å². The van der Waals surface area contributed by atoms with Crippen molar-refractivity contribution in [2.24, 2.45) is 14.1 Å². The lowest BCUT2D eigenvalue weighted by Gasteiger charge is -2.21. The highest BCUT2D eigenvalue weighted by Crippen LogP contribution is 2.34. The van der Waals surface area contributed by atoms with Gasteiger partial charge in [-0.05, 0) is 12.8 Å². The zero-order chi connectivity index (χ0) is 7.84. The minimum Gasteiger partial charge on any atom is -0.237 e. The maximum Gasteiger partial charge on any atom is 0.259 e. The van der Waals surface area contributed by atoms with Crippen LogP contribution in [0.1, 0.15) is 31.0 Å². The summed E-state index contributed by atoms with van der Waals surface area (Å²) < 4.78 is 4.48. The van der Waals surface area contributed by atoms with Gasteiger partial charge < -0.3 is 0 Å². The Balaban J connectivity index is 2.33. The largest absolute Gasteiger partial charge is 0.259 e. The summed E-state index contributed by atoms with van der Waals surface area (Å²) >= 11 is 0. The van der Waals surface area contributed by atoms with Gasteiger partial charge in [-0.25, -0.2) is 9.13 Å². The van der Waals surface area contributed by atoms with Crippen molar-refractivity contribution in [3.05, 3.63) is 18.2 Å². The molecule has 1 aromatic heterocycles. The van der Waals surface area contributed by atoms with E-state index in [4.69, 9.17) is 0 Å². The lowest BCUT2D eigenvalue weighted by molar-refractivity contribution is -0.680. The molecule has 0 amide bonds. The topological polar surface area (TPSA) is 8.81 Å². The van der Waals surface area contributed by atoms with Gasteiger partial charge in [0, 0.05) is 0 Å². The lowest BCUT2D eigenvalue weighted by Crippen LogP contribution is -2.35. The van der Waals surface area contributed by atoms with Crippen LogP contribution in [0.15, 0.2) is 12.4 Å². The van der Waals surface area contributed by atoms with E-state index in [1.165, 1.54) is 25.1 Å².